The van der Waals surface area contributed by atoms with Crippen LogP contribution in [0.15, 0.2) is 24.3 Å². The third kappa shape index (κ3) is 3.75. The van der Waals surface area contributed by atoms with E-state index in [0.29, 0.717) is 12.2 Å². The third-order valence-electron chi connectivity index (χ3n) is 2.56. The van der Waals surface area contributed by atoms with Crippen molar-refractivity contribution in [2.45, 2.75) is 6.42 Å². The van der Waals surface area contributed by atoms with E-state index < -0.39 is 0 Å². The Hall–Kier alpha value is -1.55. The molecule has 0 spiro atoms. The van der Waals surface area contributed by atoms with Crippen LogP contribution in [0.3, 0.4) is 0 Å². The molecule has 0 heterocycles. The molecule has 1 aromatic rings. The number of para-hydroxylation sites is 1. The molecule has 0 saturated heterocycles. The molecule has 17 heavy (non-hydrogen) atoms. The maximum atomic E-state index is 11.6. The Morgan fingerprint density at radius 3 is 2.65 bits per heavy atom. The first-order valence-electron chi connectivity index (χ1n) is 5.58. The molecule has 0 aromatic heterocycles. The fourth-order valence-corrected chi connectivity index (χ4v) is 1.66. The highest BCUT2D eigenvalue weighted by Gasteiger charge is 2.13. The molecular weight excluding hydrogens is 218 g/mol. The minimum Gasteiger partial charge on any atom is -0.465 e. The average Bonchev–Trinajstić information content (AvgIpc) is 2.38. The minimum atomic E-state index is -0.306. The summed E-state index contributed by atoms with van der Waals surface area (Å²) < 4.78 is 9.77. The number of hydrogen-bond acceptors (Lipinski definition) is 4. The maximum Gasteiger partial charge on any atom is 0.339 e. The van der Waals surface area contributed by atoms with Crippen LogP contribution in [0.4, 0.5) is 5.69 Å². The molecule has 1 aromatic carbocycles. The number of anilines is 1. The summed E-state index contributed by atoms with van der Waals surface area (Å²) in [6.45, 7) is 1.55. The molecule has 0 atom stereocenters. The number of rotatable bonds is 6. The minimum absolute atomic E-state index is 0.306. The lowest BCUT2D eigenvalue weighted by Gasteiger charge is -2.21. The van der Waals surface area contributed by atoms with E-state index in [1.165, 1.54) is 7.11 Å². The Morgan fingerprint density at radius 2 is 2.00 bits per heavy atom. The summed E-state index contributed by atoms with van der Waals surface area (Å²) in [5.74, 6) is -0.306. The quantitative estimate of drug-likeness (QED) is 0.560. The van der Waals surface area contributed by atoms with Crippen LogP contribution in [0.25, 0.3) is 0 Å². The monoisotopic (exact) mass is 237 g/mol. The van der Waals surface area contributed by atoms with Gasteiger partial charge in [0.15, 0.2) is 0 Å². The predicted molar refractivity (Wildman–Crippen MR) is 67.5 cm³/mol. The number of hydrogen-bond donors (Lipinski definition) is 0. The molecule has 0 aliphatic carbocycles. The van der Waals surface area contributed by atoms with E-state index in [0.717, 1.165) is 18.7 Å². The van der Waals surface area contributed by atoms with Crippen LogP contribution >= 0.6 is 0 Å². The molecule has 0 radical (unpaired) electrons. The number of benzene rings is 1. The molecular formula is C13H19NO3. The van der Waals surface area contributed by atoms with Gasteiger partial charge in [0.25, 0.3) is 0 Å². The second-order valence-corrected chi connectivity index (χ2v) is 3.78. The third-order valence-corrected chi connectivity index (χ3v) is 2.56. The van der Waals surface area contributed by atoms with E-state index in [9.17, 15) is 4.79 Å². The first-order chi connectivity index (χ1) is 8.20. The van der Waals surface area contributed by atoms with E-state index >= 15 is 0 Å². The van der Waals surface area contributed by atoms with Crippen molar-refractivity contribution in [1.29, 1.82) is 0 Å². The fourth-order valence-electron chi connectivity index (χ4n) is 1.66. The molecule has 0 aliphatic rings. The fraction of sp³-hybridized carbons (Fsp3) is 0.462. The van der Waals surface area contributed by atoms with Crippen LogP contribution < -0.4 is 4.90 Å². The van der Waals surface area contributed by atoms with Crippen LogP contribution in [-0.4, -0.2) is 40.4 Å². The summed E-state index contributed by atoms with van der Waals surface area (Å²) in [5, 5.41) is 0. The topological polar surface area (TPSA) is 38.8 Å². The van der Waals surface area contributed by atoms with Gasteiger partial charge in [-0.3, -0.25) is 0 Å². The van der Waals surface area contributed by atoms with Crippen LogP contribution in [0.5, 0.6) is 0 Å². The van der Waals surface area contributed by atoms with Crippen molar-refractivity contribution in [3.63, 3.8) is 0 Å². The maximum absolute atomic E-state index is 11.6. The molecule has 0 fully saturated rings. The van der Waals surface area contributed by atoms with Crippen LogP contribution in [0.2, 0.25) is 0 Å². The van der Waals surface area contributed by atoms with Gasteiger partial charge in [0.2, 0.25) is 0 Å². The van der Waals surface area contributed by atoms with E-state index in [1.807, 2.05) is 30.1 Å². The van der Waals surface area contributed by atoms with Gasteiger partial charge in [-0.1, -0.05) is 12.1 Å². The Morgan fingerprint density at radius 1 is 1.29 bits per heavy atom. The lowest BCUT2D eigenvalue weighted by atomic mass is 10.1. The van der Waals surface area contributed by atoms with Gasteiger partial charge in [-0.2, -0.15) is 0 Å². The summed E-state index contributed by atoms with van der Waals surface area (Å²) in [5.41, 5.74) is 1.48. The SMILES string of the molecule is COCCCN(C)c1ccccc1C(=O)OC. The zero-order chi connectivity index (χ0) is 12.7. The van der Waals surface area contributed by atoms with E-state index in [2.05, 4.69) is 0 Å². The van der Waals surface area contributed by atoms with Gasteiger partial charge in [0, 0.05) is 27.3 Å². The largest absolute Gasteiger partial charge is 0.465 e. The smallest absolute Gasteiger partial charge is 0.339 e. The van der Waals surface area contributed by atoms with Crippen molar-refractivity contribution >= 4 is 11.7 Å². The van der Waals surface area contributed by atoms with Crippen LogP contribution in [0.1, 0.15) is 16.8 Å². The summed E-state index contributed by atoms with van der Waals surface area (Å²) in [6, 6.07) is 7.43. The molecule has 4 heteroatoms. The number of ether oxygens (including phenoxy) is 2. The van der Waals surface area contributed by atoms with Crippen molar-refractivity contribution in [2.75, 3.05) is 39.3 Å². The Bertz CT molecular complexity index is 365. The first-order valence-corrected chi connectivity index (χ1v) is 5.58. The molecule has 0 bridgehead atoms. The highest BCUT2D eigenvalue weighted by atomic mass is 16.5. The van der Waals surface area contributed by atoms with Gasteiger partial charge < -0.3 is 14.4 Å². The van der Waals surface area contributed by atoms with Crippen molar-refractivity contribution in [3.05, 3.63) is 29.8 Å². The highest BCUT2D eigenvalue weighted by Crippen LogP contribution is 2.19. The highest BCUT2D eigenvalue weighted by molar-refractivity contribution is 5.95. The van der Waals surface area contributed by atoms with Crippen molar-refractivity contribution in [1.82, 2.24) is 0 Å². The van der Waals surface area contributed by atoms with Gasteiger partial charge in [-0.05, 0) is 18.6 Å². The number of nitrogens with zero attached hydrogens (tertiary/aromatic N) is 1. The van der Waals surface area contributed by atoms with Gasteiger partial charge in [0.05, 0.1) is 18.4 Å². The second-order valence-electron chi connectivity index (χ2n) is 3.78. The number of carbonyl (C=O) groups excluding carboxylic acids is 1. The van der Waals surface area contributed by atoms with Crippen LogP contribution in [-0.2, 0) is 9.47 Å². The lowest BCUT2D eigenvalue weighted by Crippen LogP contribution is -2.22. The lowest BCUT2D eigenvalue weighted by molar-refractivity contribution is 0.0601. The summed E-state index contributed by atoms with van der Waals surface area (Å²) in [4.78, 5) is 13.6. The predicted octanol–water partition coefficient (Wildman–Crippen LogP) is 1.95. The summed E-state index contributed by atoms with van der Waals surface area (Å²) in [7, 11) is 5.03. The second kappa shape index (κ2) is 6.91. The van der Waals surface area contributed by atoms with E-state index in [4.69, 9.17) is 9.47 Å². The molecule has 1 rings (SSSR count). The van der Waals surface area contributed by atoms with Gasteiger partial charge in [-0.15, -0.1) is 0 Å². The van der Waals surface area contributed by atoms with E-state index in [1.54, 1.807) is 13.2 Å². The Balaban J connectivity index is 2.78. The summed E-state index contributed by atoms with van der Waals surface area (Å²) >= 11 is 0. The summed E-state index contributed by atoms with van der Waals surface area (Å²) in [6.07, 6.45) is 0.919. The number of esters is 1. The van der Waals surface area contributed by atoms with Crippen molar-refractivity contribution in [3.8, 4) is 0 Å². The van der Waals surface area contributed by atoms with Gasteiger partial charge in [-0.25, -0.2) is 4.79 Å². The standard InChI is InChI=1S/C13H19NO3/c1-14(9-6-10-16-2)12-8-5-4-7-11(12)13(15)17-3/h4-5,7-8H,6,9-10H2,1-3H3. The number of carbonyl (C=O) groups is 1. The zero-order valence-electron chi connectivity index (χ0n) is 10.6. The van der Waals surface area contributed by atoms with Crippen molar-refractivity contribution < 1.29 is 14.3 Å². The Kier molecular flexibility index (Phi) is 5.49. The van der Waals surface area contributed by atoms with Crippen molar-refractivity contribution in [2.24, 2.45) is 0 Å². The average molecular weight is 237 g/mol. The van der Waals surface area contributed by atoms with E-state index in [-0.39, 0.29) is 5.97 Å². The molecule has 0 N–H and O–H groups in total. The molecule has 0 aliphatic heterocycles. The van der Waals surface area contributed by atoms with Gasteiger partial charge >= 0.3 is 5.97 Å². The molecule has 0 saturated carbocycles. The Labute approximate surface area is 102 Å². The van der Waals surface area contributed by atoms with Gasteiger partial charge in [0.1, 0.15) is 0 Å². The molecule has 94 valence electrons. The zero-order valence-corrected chi connectivity index (χ0v) is 10.6. The molecule has 0 unspecified atom stereocenters. The molecule has 0 amide bonds. The normalized spacial score (nSPS) is 10.1. The number of methoxy groups -OCH3 is 2. The van der Waals surface area contributed by atoms with Crippen LogP contribution in [0, 0.1) is 0 Å². The molecule has 4 nitrogen and oxygen atoms in total. The first kappa shape index (κ1) is 13.5.